The van der Waals surface area contributed by atoms with Crippen molar-refractivity contribution in [2.24, 2.45) is 0 Å². The minimum atomic E-state index is -0.206. The van der Waals surface area contributed by atoms with Crippen molar-refractivity contribution in [3.05, 3.63) is 94.3 Å². The number of pyridine rings is 1. The number of halogens is 1. The van der Waals surface area contributed by atoms with Gasteiger partial charge in [0.1, 0.15) is 0 Å². The van der Waals surface area contributed by atoms with E-state index < -0.39 is 0 Å². The summed E-state index contributed by atoms with van der Waals surface area (Å²) in [4.78, 5) is 19.3. The zero-order valence-corrected chi connectivity index (χ0v) is 15.6. The lowest BCUT2D eigenvalue weighted by molar-refractivity contribution is 0.102. The van der Waals surface area contributed by atoms with Crippen LogP contribution < -0.4 is 5.32 Å². The highest BCUT2D eigenvalue weighted by molar-refractivity contribution is 6.34. The second-order valence-corrected chi connectivity index (χ2v) is 7.11. The van der Waals surface area contributed by atoms with E-state index in [4.69, 9.17) is 11.6 Å². The zero-order valence-electron chi connectivity index (χ0n) is 14.9. The number of amides is 1. The first-order chi connectivity index (χ1) is 13.2. The molecule has 136 valence electrons. The quantitative estimate of drug-likeness (QED) is 0.725. The summed E-state index contributed by atoms with van der Waals surface area (Å²) in [6.07, 6.45) is 4.50. The van der Waals surface area contributed by atoms with Gasteiger partial charge in [-0.15, -0.1) is 0 Å². The Balaban J connectivity index is 1.50. The first-order valence-electron chi connectivity index (χ1n) is 8.98. The highest BCUT2D eigenvalue weighted by Crippen LogP contribution is 2.27. The number of anilines is 1. The van der Waals surface area contributed by atoms with Gasteiger partial charge in [0.25, 0.3) is 5.91 Å². The predicted octanol–water partition coefficient (Wildman–Crippen LogP) is 4.55. The number of nitrogens with one attached hydrogen (secondary N) is 1. The molecule has 4 nitrogen and oxygen atoms in total. The number of nitrogens with zero attached hydrogens (tertiary/aromatic N) is 2. The van der Waals surface area contributed by atoms with Crippen molar-refractivity contribution in [3.8, 4) is 0 Å². The Morgan fingerprint density at radius 2 is 1.85 bits per heavy atom. The van der Waals surface area contributed by atoms with Gasteiger partial charge in [-0.25, -0.2) is 0 Å². The van der Waals surface area contributed by atoms with Gasteiger partial charge >= 0.3 is 0 Å². The highest BCUT2D eigenvalue weighted by atomic mass is 35.5. The molecular weight excluding hydrogens is 358 g/mol. The van der Waals surface area contributed by atoms with Crippen molar-refractivity contribution in [3.63, 3.8) is 0 Å². The topological polar surface area (TPSA) is 45.2 Å². The van der Waals surface area contributed by atoms with Gasteiger partial charge in [0.2, 0.25) is 0 Å². The summed E-state index contributed by atoms with van der Waals surface area (Å²) < 4.78 is 0. The van der Waals surface area contributed by atoms with Crippen LogP contribution in [0.15, 0.2) is 67.0 Å². The monoisotopic (exact) mass is 377 g/mol. The fourth-order valence-corrected chi connectivity index (χ4v) is 3.69. The maximum absolute atomic E-state index is 12.6. The summed E-state index contributed by atoms with van der Waals surface area (Å²) in [5.74, 6) is -0.206. The second-order valence-electron chi connectivity index (χ2n) is 6.70. The van der Waals surface area contributed by atoms with Crippen LogP contribution in [0.3, 0.4) is 0 Å². The van der Waals surface area contributed by atoms with E-state index in [1.165, 1.54) is 5.56 Å². The van der Waals surface area contributed by atoms with Crippen molar-refractivity contribution < 1.29 is 4.79 Å². The molecule has 0 unspecified atom stereocenters. The number of rotatable bonds is 4. The summed E-state index contributed by atoms with van der Waals surface area (Å²) >= 11 is 6.14. The van der Waals surface area contributed by atoms with E-state index in [0.717, 1.165) is 42.9 Å². The van der Waals surface area contributed by atoms with Crippen molar-refractivity contribution in [1.29, 1.82) is 0 Å². The van der Waals surface area contributed by atoms with E-state index in [1.54, 1.807) is 24.4 Å². The number of carbonyl (C=O) groups is 1. The predicted molar refractivity (Wildman–Crippen MR) is 108 cm³/mol. The molecule has 4 rings (SSSR count). The Kier molecular flexibility index (Phi) is 5.19. The van der Waals surface area contributed by atoms with Crippen LogP contribution >= 0.6 is 11.6 Å². The zero-order chi connectivity index (χ0) is 18.6. The molecule has 0 saturated heterocycles. The third-order valence-electron chi connectivity index (χ3n) is 4.83. The van der Waals surface area contributed by atoms with Gasteiger partial charge in [-0.1, -0.05) is 54.1 Å². The summed E-state index contributed by atoms with van der Waals surface area (Å²) in [5, 5.41) is 3.43. The molecule has 0 fully saturated rings. The Hall–Kier alpha value is -2.69. The lowest BCUT2D eigenvalue weighted by atomic mass is 9.99. The molecule has 0 spiro atoms. The number of carbonyl (C=O) groups excluding carboxylic acids is 1. The molecular formula is C22H20ClN3O. The van der Waals surface area contributed by atoms with E-state index in [1.807, 2.05) is 18.3 Å². The van der Waals surface area contributed by atoms with Gasteiger partial charge in [0.15, 0.2) is 0 Å². The van der Waals surface area contributed by atoms with Crippen LogP contribution in [0.25, 0.3) is 0 Å². The Bertz CT molecular complexity index is 959. The minimum Gasteiger partial charge on any atom is -0.320 e. The van der Waals surface area contributed by atoms with E-state index in [-0.39, 0.29) is 5.91 Å². The first kappa shape index (κ1) is 17.7. The maximum atomic E-state index is 12.6. The van der Waals surface area contributed by atoms with Gasteiger partial charge in [-0.2, -0.15) is 0 Å². The van der Waals surface area contributed by atoms with Crippen LogP contribution in [0.1, 0.15) is 27.0 Å². The Labute approximate surface area is 163 Å². The average Bonchev–Trinajstić information content (AvgIpc) is 2.69. The molecule has 2 aromatic carbocycles. The van der Waals surface area contributed by atoms with Gasteiger partial charge in [0, 0.05) is 25.8 Å². The standard InChI is InChI=1S/C22H20ClN3O/c23-20-9-5-4-8-19(20)22(27)25-21-13-24-12-17-15-26(11-10-18(17)21)14-16-6-2-1-3-7-16/h1-9,12-13H,10-11,14-15H2,(H,25,27). The van der Waals surface area contributed by atoms with Crippen LogP contribution in [0.2, 0.25) is 5.02 Å². The van der Waals surface area contributed by atoms with Crippen LogP contribution in [0, 0.1) is 0 Å². The molecule has 0 bridgehead atoms. The minimum absolute atomic E-state index is 0.206. The number of aromatic nitrogens is 1. The van der Waals surface area contributed by atoms with E-state index in [2.05, 4.69) is 39.5 Å². The summed E-state index contributed by atoms with van der Waals surface area (Å²) in [7, 11) is 0. The molecule has 0 saturated carbocycles. The highest BCUT2D eigenvalue weighted by Gasteiger charge is 2.21. The molecule has 0 atom stereocenters. The molecule has 0 radical (unpaired) electrons. The van der Waals surface area contributed by atoms with Gasteiger partial charge < -0.3 is 5.32 Å². The van der Waals surface area contributed by atoms with Crippen LogP contribution in [-0.2, 0) is 19.5 Å². The van der Waals surface area contributed by atoms with Crippen LogP contribution in [0.4, 0.5) is 5.69 Å². The van der Waals surface area contributed by atoms with E-state index >= 15 is 0 Å². The average molecular weight is 378 g/mol. The Morgan fingerprint density at radius 1 is 1.07 bits per heavy atom. The molecule has 1 aliphatic heterocycles. The molecule has 1 aliphatic rings. The van der Waals surface area contributed by atoms with E-state index in [0.29, 0.717) is 10.6 Å². The smallest absolute Gasteiger partial charge is 0.257 e. The van der Waals surface area contributed by atoms with Crippen molar-refractivity contribution in [1.82, 2.24) is 9.88 Å². The fraction of sp³-hybridized carbons (Fsp3) is 0.182. The number of hydrogen-bond acceptors (Lipinski definition) is 3. The normalized spacial score (nSPS) is 13.8. The summed E-state index contributed by atoms with van der Waals surface area (Å²) in [5.41, 5.74) is 4.87. The van der Waals surface area contributed by atoms with Crippen molar-refractivity contribution in [2.45, 2.75) is 19.5 Å². The molecule has 0 aliphatic carbocycles. The van der Waals surface area contributed by atoms with Crippen molar-refractivity contribution >= 4 is 23.2 Å². The summed E-state index contributed by atoms with van der Waals surface area (Å²) in [6.45, 7) is 2.68. The molecule has 3 aromatic rings. The van der Waals surface area contributed by atoms with Crippen molar-refractivity contribution in [2.75, 3.05) is 11.9 Å². The lowest BCUT2D eigenvalue weighted by Gasteiger charge is -2.29. The maximum Gasteiger partial charge on any atom is 0.257 e. The molecule has 1 N–H and O–H groups in total. The SMILES string of the molecule is O=C(Nc1cncc2c1CCN(Cc1ccccc1)C2)c1ccccc1Cl. The first-order valence-corrected chi connectivity index (χ1v) is 9.36. The molecule has 27 heavy (non-hydrogen) atoms. The third kappa shape index (κ3) is 4.02. The lowest BCUT2D eigenvalue weighted by Crippen LogP contribution is -2.31. The van der Waals surface area contributed by atoms with Gasteiger partial charge in [0.05, 0.1) is 22.5 Å². The molecule has 5 heteroatoms. The summed E-state index contributed by atoms with van der Waals surface area (Å²) in [6, 6.07) is 17.5. The largest absolute Gasteiger partial charge is 0.320 e. The van der Waals surface area contributed by atoms with Gasteiger partial charge in [-0.05, 0) is 35.2 Å². The molecule has 1 amide bonds. The second kappa shape index (κ2) is 7.91. The van der Waals surface area contributed by atoms with E-state index in [9.17, 15) is 4.79 Å². The van der Waals surface area contributed by atoms with Gasteiger partial charge in [-0.3, -0.25) is 14.7 Å². The van der Waals surface area contributed by atoms with Crippen LogP contribution in [-0.4, -0.2) is 22.3 Å². The number of fused-ring (bicyclic) bond motifs is 1. The van der Waals surface area contributed by atoms with Crippen LogP contribution in [0.5, 0.6) is 0 Å². The number of benzene rings is 2. The number of hydrogen-bond donors (Lipinski definition) is 1. The molecule has 1 aromatic heterocycles. The fourth-order valence-electron chi connectivity index (χ4n) is 3.47. The molecule has 2 heterocycles. The Morgan fingerprint density at radius 3 is 2.67 bits per heavy atom. The third-order valence-corrected chi connectivity index (χ3v) is 5.16.